The number of methoxy groups -OCH3 is 2. The Labute approximate surface area is 487 Å². The zero-order valence-electron chi connectivity index (χ0n) is 56.9. The van der Waals surface area contributed by atoms with Gasteiger partial charge in [-0.1, -0.05) is 184 Å². The predicted molar refractivity (Wildman–Crippen MR) is 347 cm³/mol. The number of hydrogen-bond donors (Lipinski definition) is 2. The summed E-state index contributed by atoms with van der Waals surface area (Å²) >= 11 is 0. The van der Waals surface area contributed by atoms with E-state index in [2.05, 4.69) is 140 Å². The first kappa shape index (κ1) is 87.3. The number of morpholine rings is 1. The Kier molecular flexibility index (Phi) is 85.2. The maximum atomic E-state index is 7.82. The van der Waals surface area contributed by atoms with Crippen molar-refractivity contribution in [3.63, 3.8) is 0 Å². The highest BCUT2D eigenvalue weighted by Crippen LogP contribution is 2.25. The maximum Gasteiger partial charge on any atom is 0.0678 e. The number of piperazine rings is 1. The molecule has 6 aliphatic rings. The van der Waals surface area contributed by atoms with Crippen LogP contribution in [0.5, 0.6) is 0 Å². The fourth-order valence-corrected chi connectivity index (χ4v) is 8.31. The standard InChI is InChI=1S/C8H16.C7H15NO.C7H15N.C6H14N2.C6H13N.C6H14O.C5H13NO.C5H11N.C5H12.C4H7N.C4H10.C3H8/c1-2-8-6-4-3-5-7-8;1-6-4-8(3)5-7(2)9-6;1-8-6-4-2-3-5-7-8;1-7-3-5-8(2)6-4-7;1-7-6-4-2-3-5-6;1-3-4-5-6-7-2;1-6(2)4-5-7-3;1-6-5-3-2-4-5;1-3-5-4-2;1-2-3-4-5;1-3-4-2;1-3-2/h8H,2-7H2,1H3;6-7H,4-5H2,1-3H3;2-7H2,1H3;3-6H2,1-2H3;6-7H,2-5H2,1H3;3-6H2,1-2H3;4-5H2,1-3H3;5-6H,2-4H2,1H3;3-5H2,1-2H3;2-3H2,1H3;3-4H2,1-2H3;3H2,1-2H3. The maximum absolute atomic E-state index is 7.82. The van der Waals surface area contributed by atoms with Gasteiger partial charge in [0.1, 0.15) is 0 Å². The second-order valence-corrected chi connectivity index (χ2v) is 22.9. The Balaban J connectivity index is -0.000000180. The van der Waals surface area contributed by atoms with Gasteiger partial charge in [0, 0.05) is 85.1 Å². The molecule has 6 fully saturated rings. The summed E-state index contributed by atoms with van der Waals surface area (Å²) in [6.45, 7) is 36.2. The minimum atomic E-state index is 0.416. The predicted octanol–water partition coefficient (Wildman–Crippen LogP) is 15.7. The van der Waals surface area contributed by atoms with Gasteiger partial charge in [-0.25, -0.2) is 0 Å². The number of nitriles is 1. The highest BCUT2D eigenvalue weighted by molar-refractivity contribution is 4.74. The highest BCUT2D eigenvalue weighted by Gasteiger charge is 2.18. The molecule has 3 saturated heterocycles. The first-order chi connectivity index (χ1) is 37.0. The van der Waals surface area contributed by atoms with Crippen LogP contribution in [0, 0.1) is 17.2 Å². The van der Waals surface area contributed by atoms with Crippen LogP contribution in [0.1, 0.15) is 256 Å². The molecule has 0 spiro atoms. The van der Waals surface area contributed by atoms with E-state index in [0.29, 0.717) is 18.6 Å². The number of unbranched alkanes of at least 4 members (excludes halogenated alkanes) is 6. The number of ether oxygens (including phenoxy) is 3. The lowest BCUT2D eigenvalue weighted by molar-refractivity contribution is -0.0602. The van der Waals surface area contributed by atoms with Crippen molar-refractivity contribution < 1.29 is 14.2 Å². The number of likely N-dealkylation sites (tertiary alicyclic amines) is 1. The Morgan fingerprint density at radius 1 is 0.494 bits per heavy atom. The van der Waals surface area contributed by atoms with Crippen molar-refractivity contribution in [3.8, 4) is 6.07 Å². The van der Waals surface area contributed by atoms with Gasteiger partial charge in [0.15, 0.2) is 0 Å². The molecule has 470 valence electrons. The van der Waals surface area contributed by atoms with Crippen LogP contribution in [0.3, 0.4) is 0 Å². The lowest BCUT2D eigenvalue weighted by Crippen LogP contribution is -2.42. The minimum absolute atomic E-state index is 0.416. The van der Waals surface area contributed by atoms with Gasteiger partial charge in [-0.3, -0.25) is 0 Å². The zero-order chi connectivity index (χ0) is 59.6. The van der Waals surface area contributed by atoms with Crippen LogP contribution in [0.4, 0.5) is 0 Å². The summed E-state index contributed by atoms with van der Waals surface area (Å²) in [6.07, 6.45) is 38.8. The fraction of sp³-hybridized carbons (Fsp3) is 0.985. The molecule has 3 heterocycles. The molecule has 0 bridgehead atoms. The Morgan fingerprint density at radius 2 is 0.883 bits per heavy atom. The molecule has 3 aliphatic heterocycles. The van der Waals surface area contributed by atoms with Gasteiger partial charge in [0.05, 0.1) is 24.9 Å². The van der Waals surface area contributed by atoms with Crippen LogP contribution in [0.25, 0.3) is 0 Å². The number of nitrogens with zero attached hydrogens (tertiary/aromatic N) is 6. The smallest absolute Gasteiger partial charge is 0.0678 e. The molecule has 6 rings (SSSR count). The topological polar surface area (TPSA) is 91.7 Å². The molecule has 0 aromatic carbocycles. The Hall–Kier alpha value is -0.910. The van der Waals surface area contributed by atoms with Crippen LogP contribution < -0.4 is 10.6 Å². The molecule has 77 heavy (non-hydrogen) atoms. The third kappa shape index (κ3) is 81.7. The van der Waals surface area contributed by atoms with Crippen LogP contribution >= 0.6 is 0 Å². The van der Waals surface area contributed by atoms with E-state index in [1.165, 1.54) is 206 Å². The summed E-state index contributed by atoms with van der Waals surface area (Å²) in [5.41, 5.74) is 0. The number of likely N-dealkylation sites (N-methyl/N-ethyl adjacent to an activating group) is 4. The summed E-state index contributed by atoms with van der Waals surface area (Å²) in [4.78, 5) is 11.5. The van der Waals surface area contributed by atoms with Gasteiger partial charge in [0.25, 0.3) is 0 Å². The Bertz CT molecular complexity index is 977. The van der Waals surface area contributed by atoms with Crippen molar-refractivity contribution in [2.45, 2.75) is 280 Å². The van der Waals surface area contributed by atoms with Crippen molar-refractivity contribution in [3.05, 3.63) is 0 Å². The largest absolute Gasteiger partial charge is 0.385 e. The summed E-state index contributed by atoms with van der Waals surface area (Å²) < 4.78 is 15.2. The van der Waals surface area contributed by atoms with Crippen molar-refractivity contribution in [1.82, 2.24) is 35.1 Å². The lowest BCUT2D eigenvalue weighted by atomic mass is 9.88. The molecular weight excluding hydrogens is 953 g/mol. The molecule has 0 radical (unpaired) electrons. The van der Waals surface area contributed by atoms with Crippen molar-refractivity contribution >= 4 is 0 Å². The van der Waals surface area contributed by atoms with E-state index in [1.807, 2.05) is 34.1 Å². The number of nitrogens with one attached hydrogen (secondary N) is 2. The van der Waals surface area contributed by atoms with Crippen LogP contribution in [0.15, 0.2) is 0 Å². The minimum Gasteiger partial charge on any atom is -0.385 e. The molecule has 11 heteroatoms. The van der Waals surface area contributed by atoms with E-state index >= 15 is 0 Å². The van der Waals surface area contributed by atoms with E-state index in [9.17, 15) is 0 Å². The van der Waals surface area contributed by atoms with Crippen molar-refractivity contribution in [1.29, 1.82) is 5.26 Å². The van der Waals surface area contributed by atoms with Crippen LogP contribution in [0.2, 0.25) is 0 Å². The van der Waals surface area contributed by atoms with Gasteiger partial charge in [-0.05, 0) is 141 Å². The van der Waals surface area contributed by atoms with Gasteiger partial charge in [-0.2, -0.15) is 5.26 Å². The second-order valence-electron chi connectivity index (χ2n) is 22.9. The summed E-state index contributed by atoms with van der Waals surface area (Å²) in [7, 11) is 20.3. The van der Waals surface area contributed by atoms with Crippen LogP contribution in [-0.2, 0) is 14.2 Å². The molecule has 2 N–H and O–H groups in total. The van der Waals surface area contributed by atoms with Crippen molar-refractivity contribution in [2.75, 3.05) is 143 Å². The zero-order valence-corrected chi connectivity index (χ0v) is 56.9. The average Bonchev–Trinajstić information content (AvgIpc) is 3.83. The van der Waals surface area contributed by atoms with E-state index in [1.54, 1.807) is 14.2 Å². The van der Waals surface area contributed by atoms with E-state index < -0.39 is 0 Å². The summed E-state index contributed by atoms with van der Waals surface area (Å²) in [5, 5.41) is 14.3. The molecule has 2 unspecified atom stereocenters. The highest BCUT2D eigenvalue weighted by atomic mass is 16.5. The first-order valence-corrected chi connectivity index (χ1v) is 32.7. The summed E-state index contributed by atoms with van der Waals surface area (Å²) in [6, 6.07) is 3.73. The summed E-state index contributed by atoms with van der Waals surface area (Å²) in [5.74, 6) is 1.09. The van der Waals surface area contributed by atoms with E-state index in [0.717, 1.165) is 57.3 Å². The average molecular weight is 1100 g/mol. The molecule has 2 atom stereocenters. The van der Waals surface area contributed by atoms with Gasteiger partial charge in [-0.15, -0.1) is 0 Å². The van der Waals surface area contributed by atoms with E-state index in [4.69, 9.17) is 19.5 Å². The van der Waals surface area contributed by atoms with Crippen LogP contribution in [-0.4, -0.2) is 192 Å². The third-order valence-electron chi connectivity index (χ3n) is 14.0. The van der Waals surface area contributed by atoms with Gasteiger partial charge < -0.3 is 49.3 Å². The lowest BCUT2D eigenvalue weighted by Gasteiger charge is -2.32. The molecule has 11 nitrogen and oxygen atoms in total. The third-order valence-corrected chi connectivity index (χ3v) is 14.0. The monoisotopic (exact) mass is 1100 g/mol. The molecule has 3 aliphatic carbocycles. The van der Waals surface area contributed by atoms with E-state index in [-0.39, 0.29) is 0 Å². The van der Waals surface area contributed by atoms with Gasteiger partial charge >= 0.3 is 0 Å². The molecule has 3 saturated carbocycles. The number of hydrogen-bond acceptors (Lipinski definition) is 11. The first-order valence-electron chi connectivity index (χ1n) is 32.7. The fourth-order valence-electron chi connectivity index (χ4n) is 8.31. The normalized spacial score (nSPS) is 19.7. The number of rotatable bonds is 14. The molecular formula is C66H148N8O3. The van der Waals surface area contributed by atoms with Gasteiger partial charge in [0.2, 0.25) is 0 Å². The quantitative estimate of drug-likeness (QED) is 0.163. The second kappa shape index (κ2) is 75.1. The molecule has 0 amide bonds. The van der Waals surface area contributed by atoms with Crippen molar-refractivity contribution in [2.24, 2.45) is 5.92 Å². The Morgan fingerprint density at radius 3 is 1.12 bits per heavy atom. The molecule has 0 aromatic rings. The SMILES string of the molecule is CC1CN(C)CC(C)O1.CCC.CCC1CCCCC1.CCCC.CCCC#N.CCCCC.CCCCCOC.CN1CCCCCC1.CN1CCN(C)CC1.CNC1CCC1.CNC1CCCC1.COCCN(C)C. The molecule has 0 aromatic heterocycles.